The van der Waals surface area contributed by atoms with Crippen molar-refractivity contribution in [2.24, 2.45) is 5.73 Å². The van der Waals surface area contributed by atoms with Gasteiger partial charge in [0.25, 0.3) is 11.8 Å². The lowest BCUT2D eigenvalue weighted by Gasteiger charge is -2.39. The number of amides is 2. The number of anilines is 1. The van der Waals surface area contributed by atoms with Crippen LogP contribution in [-0.2, 0) is 10.6 Å². The zero-order valence-electron chi connectivity index (χ0n) is 20.6. The van der Waals surface area contributed by atoms with Gasteiger partial charge in [-0.25, -0.2) is 28.5 Å². The highest BCUT2D eigenvalue weighted by Crippen LogP contribution is 2.33. The normalized spacial score (nSPS) is 17.5. The number of benzene rings is 1. The Morgan fingerprint density at radius 2 is 1.92 bits per heavy atom. The third-order valence-corrected chi connectivity index (χ3v) is 6.16. The monoisotopic (exact) mass is 532 g/mol. The van der Waals surface area contributed by atoms with Crippen molar-refractivity contribution in [3.8, 4) is 11.3 Å². The first-order chi connectivity index (χ1) is 17.4. The zero-order chi connectivity index (χ0) is 27.0. The van der Waals surface area contributed by atoms with Crippen molar-refractivity contribution in [2.45, 2.75) is 50.6 Å². The van der Waals surface area contributed by atoms with E-state index in [1.807, 2.05) is 12.1 Å². The van der Waals surface area contributed by atoms with Crippen LogP contribution in [0.2, 0.25) is 0 Å². The molecule has 0 aliphatic carbocycles. The van der Waals surface area contributed by atoms with E-state index in [1.54, 1.807) is 32.9 Å². The highest BCUT2D eigenvalue weighted by Gasteiger charge is 2.46. The van der Waals surface area contributed by atoms with Crippen molar-refractivity contribution in [1.82, 2.24) is 19.9 Å². The molecule has 37 heavy (non-hydrogen) atoms. The quantitative estimate of drug-likeness (QED) is 0.461. The number of likely N-dealkylation sites (tertiary alicyclic amines) is 1. The van der Waals surface area contributed by atoms with Gasteiger partial charge in [-0.15, -0.1) is 11.6 Å². The Morgan fingerprint density at radius 1 is 1.22 bits per heavy atom. The van der Waals surface area contributed by atoms with Gasteiger partial charge in [0, 0.05) is 24.4 Å². The van der Waals surface area contributed by atoms with Crippen LogP contribution in [0.5, 0.6) is 0 Å². The second kappa shape index (κ2) is 10.0. The maximum absolute atomic E-state index is 15.0. The van der Waals surface area contributed by atoms with Gasteiger partial charge in [-0.1, -0.05) is 24.3 Å². The van der Waals surface area contributed by atoms with E-state index >= 15 is 0 Å². The molecule has 0 spiro atoms. The molecule has 0 bridgehead atoms. The standard InChI is InChI=1S/C25H27ClF2N6O3/c1-24(2,3)37-23(36)34-9-8-25(27,28)18(12-34)33-22-20-19(30-13-31-22)16(21(29)35)10-17(32-20)15-6-4-14(11-26)5-7-15/h4-7,10,13,18H,8-9,11-12H2,1-3H3,(H2,29,35)(H,30,31,33)/t18-/m1/s1. The number of rotatable bonds is 5. The molecule has 9 nitrogen and oxygen atoms in total. The lowest BCUT2D eigenvalue weighted by atomic mass is 10.0. The molecule has 2 aromatic heterocycles. The average Bonchev–Trinajstić information content (AvgIpc) is 2.83. The number of hydrogen-bond donors (Lipinski definition) is 2. The molecule has 3 aromatic rings. The Balaban J connectivity index is 1.73. The summed E-state index contributed by atoms with van der Waals surface area (Å²) in [5.41, 5.74) is 7.06. The molecule has 1 atom stereocenters. The molecule has 2 amide bonds. The predicted molar refractivity (Wildman–Crippen MR) is 136 cm³/mol. The summed E-state index contributed by atoms with van der Waals surface area (Å²) in [5.74, 6) is -3.59. The first kappa shape index (κ1) is 26.5. The fraction of sp³-hybridized carbons (Fsp3) is 0.400. The lowest BCUT2D eigenvalue weighted by molar-refractivity contribution is -0.0683. The molecule has 1 aliphatic rings. The summed E-state index contributed by atoms with van der Waals surface area (Å²) in [6.07, 6.45) is -0.107. The summed E-state index contributed by atoms with van der Waals surface area (Å²) in [5, 5.41) is 2.74. The third kappa shape index (κ3) is 5.87. The highest BCUT2D eigenvalue weighted by atomic mass is 35.5. The molecule has 0 radical (unpaired) electrons. The Bertz CT molecular complexity index is 1330. The second-order valence-corrected chi connectivity index (χ2v) is 10.1. The largest absolute Gasteiger partial charge is 0.444 e. The van der Waals surface area contributed by atoms with Gasteiger partial charge >= 0.3 is 6.09 Å². The summed E-state index contributed by atoms with van der Waals surface area (Å²) in [6, 6.07) is 7.19. The van der Waals surface area contributed by atoms with Gasteiger partial charge in [-0.05, 0) is 32.4 Å². The molecule has 4 rings (SSSR count). The minimum atomic E-state index is -3.16. The molecular weight excluding hydrogens is 506 g/mol. The van der Waals surface area contributed by atoms with Gasteiger partial charge in [0.1, 0.15) is 29.0 Å². The van der Waals surface area contributed by atoms with Crippen LogP contribution < -0.4 is 11.1 Å². The summed E-state index contributed by atoms with van der Waals surface area (Å²) in [7, 11) is 0. The SMILES string of the molecule is CC(C)(C)OC(=O)N1CCC(F)(F)[C@H](Nc2ncnc3c(C(N)=O)cc(-c4ccc(CCl)cc4)nc23)C1. The molecule has 12 heteroatoms. The number of alkyl halides is 3. The number of nitrogens with zero attached hydrogens (tertiary/aromatic N) is 4. The van der Waals surface area contributed by atoms with Gasteiger partial charge in [0.05, 0.1) is 17.8 Å². The maximum atomic E-state index is 15.0. The fourth-order valence-corrected chi connectivity index (χ4v) is 4.14. The van der Waals surface area contributed by atoms with Crippen LogP contribution in [0.3, 0.4) is 0 Å². The molecule has 0 unspecified atom stereocenters. The Morgan fingerprint density at radius 3 is 2.54 bits per heavy atom. The van der Waals surface area contributed by atoms with E-state index in [4.69, 9.17) is 22.1 Å². The lowest BCUT2D eigenvalue weighted by Crippen LogP contribution is -2.56. The van der Waals surface area contributed by atoms with Crippen LogP contribution in [0.4, 0.5) is 19.4 Å². The average molecular weight is 533 g/mol. The summed E-state index contributed by atoms with van der Waals surface area (Å²) >= 11 is 5.87. The molecule has 1 aromatic carbocycles. The van der Waals surface area contributed by atoms with Crippen molar-refractivity contribution >= 4 is 40.5 Å². The number of nitrogens with one attached hydrogen (secondary N) is 1. The molecule has 1 fully saturated rings. The van der Waals surface area contributed by atoms with Crippen molar-refractivity contribution < 1.29 is 23.1 Å². The van der Waals surface area contributed by atoms with E-state index < -0.39 is 36.0 Å². The molecule has 3 N–H and O–H groups in total. The minimum Gasteiger partial charge on any atom is -0.444 e. The maximum Gasteiger partial charge on any atom is 0.410 e. The Kier molecular flexibility index (Phi) is 7.18. The summed E-state index contributed by atoms with van der Waals surface area (Å²) < 4.78 is 35.3. The van der Waals surface area contributed by atoms with Crippen LogP contribution in [-0.4, -0.2) is 62.5 Å². The van der Waals surface area contributed by atoms with Gasteiger partial charge < -0.3 is 20.7 Å². The van der Waals surface area contributed by atoms with Crippen molar-refractivity contribution in [1.29, 1.82) is 0 Å². The molecule has 3 heterocycles. The van der Waals surface area contributed by atoms with Gasteiger partial charge in [-0.2, -0.15) is 0 Å². The number of nitrogens with two attached hydrogens (primary N) is 1. The van der Waals surface area contributed by atoms with E-state index in [1.165, 1.54) is 11.0 Å². The molecule has 1 saturated heterocycles. The predicted octanol–water partition coefficient (Wildman–Crippen LogP) is 4.59. The van der Waals surface area contributed by atoms with Gasteiger partial charge in [0.15, 0.2) is 5.82 Å². The van der Waals surface area contributed by atoms with E-state index in [0.717, 1.165) is 11.9 Å². The second-order valence-electron chi connectivity index (χ2n) is 9.80. The topological polar surface area (TPSA) is 123 Å². The number of carbonyl (C=O) groups excluding carboxylic acids is 2. The van der Waals surface area contributed by atoms with E-state index in [9.17, 15) is 18.4 Å². The van der Waals surface area contributed by atoms with Crippen LogP contribution in [0.25, 0.3) is 22.3 Å². The van der Waals surface area contributed by atoms with E-state index in [-0.39, 0.29) is 35.5 Å². The number of primary amides is 1. The first-order valence-corrected chi connectivity index (χ1v) is 12.1. The van der Waals surface area contributed by atoms with E-state index in [0.29, 0.717) is 17.1 Å². The summed E-state index contributed by atoms with van der Waals surface area (Å²) in [4.78, 5) is 38.9. The number of piperidine rings is 1. The van der Waals surface area contributed by atoms with E-state index in [2.05, 4.69) is 20.3 Å². The van der Waals surface area contributed by atoms with Crippen molar-refractivity contribution in [3.05, 3.63) is 47.8 Å². The van der Waals surface area contributed by atoms with Gasteiger partial charge in [0.2, 0.25) is 0 Å². The fourth-order valence-electron chi connectivity index (χ4n) is 3.96. The number of halogens is 3. The minimum absolute atomic E-state index is 0.0116. The number of aromatic nitrogens is 3. The summed E-state index contributed by atoms with van der Waals surface area (Å²) in [6.45, 7) is 4.63. The first-order valence-electron chi connectivity index (χ1n) is 11.6. The van der Waals surface area contributed by atoms with Crippen LogP contribution in [0.1, 0.15) is 43.1 Å². The van der Waals surface area contributed by atoms with Crippen molar-refractivity contribution in [3.63, 3.8) is 0 Å². The zero-order valence-corrected chi connectivity index (χ0v) is 21.4. The molecule has 196 valence electrons. The number of pyridine rings is 1. The smallest absolute Gasteiger partial charge is 0.410 e. The number of fused-ring (bicyclic) bond motifs is 1. The molecule has 0 saturated carbocycles. The number of hydrogen-bond acceptors (Lipinski definition) is 7. The molecular formula is C25H27ClF2N6O3. The Hall–Kier alpha value is -3.60. The van der Waals surface area contributed by atoms with Crippen LogP contribution >= 0.6 is 11.6 Å². The number of carbonyl (C=O) groups is 2. The van der Waals surface area contributed by atoms with Gasteiger partial charge in [-0.3, -0.25) is 4.79 Å². The van der Waals surface area contributed by atoms with Crippen LogP contribution in [0, 0.1) is 0 Å². The number of ether oxygens (including phenoxy) is 1. The van der Waals surface area contributed by atoms with Crippen molar-refractivity contribution in [2.75, 3.05) is 18.4 Å². The molecule has 1 aliphatic heterocycles. The third-order valence-electron chi connectivity index (χ3n) is 5.85. The highest BCUT2D eigenvalue weighted by molar-refractivity contribution is 6.17. The van der Waals surface area contributed by atoms with Crippen LogP contribution in [0.15, 0.2) is 36.7 Å². The Labute approximate surface area is 217 Å².